The van der Waals surface area contributed by atoms with Crippen LogP contribution in [-0.4, -0.2) is 0 Å². The summed E-state index contributed by atoms with van der Waals surface area (Å²) in [4.78, 5) is 0. The van der Waals surface area contributed by atoms with E-state index in [1.54, 1.807) is 0 Å². The Bertz CT molecular complexity index is 3800. The Hall–Kier alpha value is -8.06. The summed E-state index contributed by atoms with van der Waals surface area (Å²) in [5.74, 6) is 0. The van der Waals surface area contributed by atoms with Gasteiger partial charge in [-0.1, -0.05) is 212 Å². The van der Waals surface area contributed by atoms with E-state index in [0.717, 1.165) is 0 Å². The van der Waals surface area contributed by atoms with E-state index in [2.05, 4.69) is 231 Å². The van der Waals surface area contributed by atoms with Crippen molar-refractivity contribution in [2.24, 2.45) is 0 Å². The Morgan fingerprint density at radius 3 is 1.41 bits per heavy atom. The van der Waals surface area contributed by atoms with Gasteiger partial charge < -0.3 is 0 Å². The molecule has 0 nitrogen and oxygen atoms in total. The standard InChI is InChI=1S/C63H38/c1-2-16-39(17-3-1)44-34-35-54(47-21-7-6-20-46(44)47)61-52-26-10-8-24-50(52)60(51-25-9-11-27-53(51)61)42-31-30-41-37-56-55-33-32-40-18-4-5-19-45(40)62(55)63(59(56)38-43(41)36-42)57-28-14-12-22-48(57)49-23-13-15-29-58(49)63/h1-38H. The van der Waals surface area contributed by atoms with Crippen LogP contribution < -0.4 is 0 Å². The van der Waals surface area contributed by atoms with Gasteiger partial charge in [0.15, 0.2) is 0 Å². The monoisotopic (exact) mass is 794 g/mol. The van der Waals surface area contributed by atoms with Gasteiger partial charge in [-0.2, -0.15) is 0 Å². The van der Waals surface area contributed by atoms with E-state index in [1.807, 2.05) is 0 Å². The smallest absolute Gasteiger partial charge is 0.0622 e. The summed E-state index contributed by atoms with van der Waals surface area (Å²) >= 11 is 0. The average Bonchev–Trinajstić information content (AvgIpc) is 3.81. The molecular formula is C63H38. The first-order valence-corrected chi connectivity index (χ1v) is 22.1. The zero-order valence-electron chi connectivity index (χ0n) is 34.4. The third-order valence-electron chi connectivity index (χ3n) is 14.4. The second kappa shape index (κ2) is 13.0. The SMILES string of the molecule is c1ccc(-c2ccc(-c3c4ccccc4c(-c4ccc5cc6c(cc5c4)C4(c5ccccc5-c5ccccc54)c4c-6ccc5ccccc45)c4ccccc34)c3ccccc23)cc1. The van der Waals surface area contributed by atoms with Crippen molar-refractivity contribution < 1.29 is 0 Å². The Kier molecular flexibility index (Phi) is 7.13. The molecule has 12 aromatic rings. The van der Waals surface area contributed by atoms with Gasteiger partial charge in [-0.3, -0.25) is 0 Å². The molecule has 0 fully saturated rings. The van der Waals surface area contributed by atoms with Crippen LogP contribution in [0, 0.1) is 0 Å². The summed E-state index contributed by atoms with van der Waals surface area (Å²) in [5, 5.41) is 12.7. The Labute approximate surface area is 366 Å². The summed E-state index contributed by atoms with van der Waals surface area (Å²) in [6.45, 7) is 0. The van der Waals surface area contributed by atoms with Crippen LogP contribution in [0.25, 0.3) is 109 Å². The van der Waals surface area contributed by atoms with Crippen molar-refractivity contribution in [1.29, 1.82) is 0 Å². The van der Waals surface area contributed by atoms with E-state index < -0.39 is 5.41 Å². The van der Waals surface area contributed by atoms with Crippen LogP contribution in [0.2, 0.25) is 0 Å². The van der Waals surface area contributed by atoms with E-state index in [0.29, 0.717) is 0 Å². The lowest BCUT2D eigenvalue weighted by Gasteiger charge is -2.31. The van der Waals surface area contributed by atoms with Crippen molar-refractivity contribution in [3.05, 3.63) is 253 Å². The van der Waals surface area contributed by atoms with Crippen molar-refractivity contribution in [1.82, 2.24) is 0 Å². The van der Waals surface area contributed by atoms with E-state index in [4.69, 9.17) is 0 Å². The van der Waals surface area contributed by atoms with Gasteiger partial charge in [0.25, 0.3) is 0 Å². The van der Waals surface area contributed by atoms with E-state index in [9.17, 15) is 0 Å². The van der Waals surface area contributed by atoms with Gasteiger partial charge in [-0.05, 0) is 150 Å². The maximum absolute atomic E-state index is 2.54. The molecule has 1 spiro atoms. The van der Waals surface area contributed by atoms with Crippen molar-refractivity contribution >= 4 is 53.9 Å². The first-order chi connectivity index (χ1) is 31.3. The lowest BCUT2D eigenvalue weighted by molar-refractivity contribution is 0.802. The van der Waals surface area contributed by atoms with Crippen molar-refractivity contribution in [3.63, 3.8) is 0 Å². The van der Waals surface area contributed by atoms with Gasteiger partial charge in [0, 0.05) is 0 Å². The topological polar surface area (TPSA) is 0 Å². The molecule has 0 N–H and O–H groups in total. The predicted octanol–water partition coefficient (Wildman–Crippen LogP) is 16.8. The third kappa shape index (κ3) is 4.65. The fourth-order valence-corrected chi connectivity index (χ4v) is 11.9. The number of fused-ring (bicyclic) bond motifs is 16. The maximum Gasteiger partial charge on any atom is 0.0731 e. The molecule has 290 valence electrons. The minimum atomic E-state index is -0.442. The first kappa shape index (κ1) is 34.6. The molecule has 0 saturated carbocycles. The van der Waals surface area contributed by atoms with E-state index in [-0.39, 0.29) is 0 Å². The van der Waals surface area contributed by atoms with Gasteiger partial charge in [-0.25, -0.2) is 0 Å². The van der Waals surface area contributed by atoms with E-state index in [1.165, 1.54) is 132 Å². The molecule has 0 unspecified atom stereocenters. The number of hydrogen-bond acceptors (Lipinski definition) is 0. The van der Waals surface area contributed by atoms with Gasteiger partial charge in [0.05, 0.1) is 5.41 Å². The van der Waals surface area contributed by atoms with Gasteiger partial charge in [0.2, 0.25) is 0 Å². The quantitative estimate of drug-likeness (QED) is 0.156. The molecule has 0 heterocycles. The van der Waals surface area contributed by atoms with Crippen LogP contribution in [0.4, 0.5) is 0 Å². The van der Waals surface area contributed by atoms with Gasteiger partial charge in [-0.15, -0.1) is 0 Å². The molecule has 0 amide bonds. The highest BCUT2D eigenvalue weighted by Gasteiger charge is 2.52. The highest BCUT2D eigenvalue weighted by molar-refractivity contribution is 6.24. The molecule has 2 aliphatic carbocycles. The third-order valence-corrected chi connectivity index (χ3v) is 14.4. The lowest BCUT2D eigenvalue weighted by atomic mass is 9.69. The second-order valence-corrected chi connectivity index (χ2v) is 17.4. The summed E-state index contributed by atoms with van der Waals surface area (Å²) in [5.41, 5.74) is 17.9. The van der Waals surface area contributed by atoms with Crippen LogP contribution in [0.15, 0.2) is 231 Å². The highest BCUT2D eigenvalue weighted by atomic mass is 14.5. The molecule has 2 aliphatic rings. The molecule has 63 heavy (non-hydrogen) atoms. The highest BCUT2D eigenvalue weighted by Crippen LogP contribution is 2.64. The van der Waals surface area contributed by atoms with Crippen molar-refractivity contribution in [3.8, 4) is 55.6 Å². The summed E-state index contributed by atoms with van der Waals surface area (Å²) in [6, 6.07) is 86.7. The van der Waals surface area contributed by atoms with Crippen LogP contribution in [0.5, 0.6) is 0 Å². The summed E-state index contributed by atoms with van der Waals surface area (Å²) in [7, 11) is 0. The molecule has 0 radical (unpaired) electrons. The average molecular weight is 795 g/mol. The molecule has 12 aromatic carbocycles. The zero-order chi connectivity index (χ0) is 41.2. The van der Waals surface area contributed by atoms with E-state index >= 15 is 0 Å². The minimum absolute atomic E-state index is 0.442. The molecule has 0 heteroatoms. The van der Waals surface area contributed by atoms with Crippen LogP contribution in [0.3, 0.4) is 0 Å². The molecule has 0 atom stereocenters. The Balaban J connectivity index is 1.03. The second-order valence-electron chi connectivity index (χ2n) is 17.4. The summed E-state index contributed by atoms with van der Waals surface area (Å²) < 4.78 is 0. The maximum atomic E-state index is 2.54. The molecule has 0 aromatic heterocycles. The Morgan fingerprint density at radius 2 is 0.730 bits per heavy atom. The molecule has 14 rings (SSSR count). The lowest BCUT2D eigenvalue weighted by Crippen LogP contribution is -2.26. The van der Waals surface area contributed by atoms with Crippen LogP contribution in [-0.2, 0) is 5.41 Å². The number of rotatable bonds is 3. The Morgan fingerprint density at radius 1 is 0.222 bits per heavy atom. The molecule has 0 saturated heterocycles. The predicted molar refractivity (Wildman–Crippen MR) is 267 cm³/mol. The number of benzene rings is 12. The zero-order valence-corrected chi connectivity index (χ0v) is 34.4. The minimum Gasteiger partial charge on any atom is -0.0622 e. The van der Waals surface area contributed by atoms with Gasteiger partial charge in [0.1, 0.15) is 0 Å². The van der Waals surface area contributed by atoms with Gasteiger partial charge >= 0.3 is 0 Å². The van der Waals surface area contributed by atoms with Crippen molar-refractivity contribution in [2.45, 2.75) is 5.41 Å². The fourth-order valence-electron chi connectivity index (χ4n) is 11.9. The summed E-state index contributed by atoms with van der Waals surface area (Å²) in [6.07, 6.45) is 0. The molecule has 0 aliphatic heterocycles. The normalized spacial score (nSPS) is 13.2. The fraction of sp³-hybridized carbons (Fsp3) is 0.0159. The van der Waals surface area contributed by atoms with Crippen LogP contribution >= 0.6 is 0 Å². The van der Waals surface area contributed by atoms with Crippen molar-refractivity contribution in [2.75, 3.05) is 0 Å². The number of hydrogen-bond donors (Lipinski definition) is 0. The first-order valence-electron chi connectivity index (χ1n) is 22.1. The molecular weight excluding hydrogens is 757 g/mol. The molecule has 0 bridgehead atoms. The van der Waals surface area contributed by atoms with Crippen LogP contribution in [0.1, 0.15) is 22.3 Å². The largest absolute Gasteiger partial charge is 0.0731 e.